The van der Waals surface area contributed by atoms with Crippen LogP contribution in [0.15, 0.2) is 35.5 Å². The molecule has 2 aliphatic rings. The first kappa shape index (κ1) is 22.3. The van der Waals surface area contributed by atoms with Gasteiger partial charge >= 0.3 is 5.69 Å². The number of methoxy groups -OCH3 is 1. The van der Waals surface area contributed by atoms with E-state index in [1.165, 1.54) is 6.33 Å². The maximum atomic E-state index is 13.1. The van der Waals surface area contributed by atoms with E-state index in [-0.39, 0.29) is 11.7 Å². The topological polar surface area (TPSA) is 98.5 Å². The molecule has 1 aliphatic heterocycles. The number of aromatic nitrogens is 5. The van der Waals surface area contributed by atoms with Crippen LogP contribution < -0.4 is 15.7 Å². The first-order valence-corrected chi connectivity index (χ1v) is 12.6. The first-order valence-electron chi connectivity index (χ1n) is 12.6. The van der Waals surface area contributed by atoms with Crippen molar-refractivity contribution >= 4 is 16.7 Å². The van der Waals surface area contributed by atoms with Crippen LogP contribution in [-0.2, 0) is 4.74 Å². The Kier molecular flexibility index (Phi) is 5.82. The number of hydrogen-bond acceptors (Lipinski definition) is 6. The normalized spacial score (nSPS) is 21.7. The van der Waals surface area contributed by atoms with Crippen LogP contribution >= 0.6 is 0 Å². The third kappa shape index (κ3) is 4.12. The summed E-state index contributed by atoms with van der Waals surface area (Å²) in [7, 11) is 1.63. The van der Waals surface area contributed by atoms with E-state index in [1.54, 1.807) is 11.6 Å². The number of benzene rings is 1. The summed E-state index contributed by atoms with van der Waals surface area (Å²) < 4.78 is 14.7. The molecule has 0 radical (unpaired) electrons. The van der Waals surface area contributed by atoms with Crippen molar-refractivity contribution in [3.05, 3.63) is 46.8 Å². The van der Waals surface area contributed by atoms with E-state index >= 15 is 0 Å². The number of ether oxygens (including phenoxy) is 2. The van der Waals surface area contributed by atoms with Gasteiger partial charge in [0.2, 0.25) is 0 Å². The Bertz CT molecular complexity index is 1410. The molecule has 0 atom stereocenters. The summed E-state index contributed by atoms with van der Waals surface area (Å²) in [6.07, 6.45) is 9.86. The Morgan fingerprint density at radius 3 is 2.63 bits per heavy atom. The number of nitrogens with zero attached hydrogens (tertiary/aromatic N) is 4. The number of imidazole rings is 1. The minimum absolute atomic E-state index is 0.0262. The lowest BCUT2D eigenvalue weighted by molar-refractivity contribution is 0.0724. The van der Waals surface area contributed by atoms with Gasteiger partial charge in [0.1, 0.15) is 6.33 Å². The standard InChI is InChI=1S/C26H32N6O3/c1-16-11-23-22(13-21(16)17-12-24(34-2)25-27-15-28-31(25)14-17)30-26(33)32(23)20-5-3-18(4-6-20)29-19-7-9-35-10-8-19/h11-15,18-20,29H,3-10H2,1-2H3,(H,30,33). The quantitative estimate of drug-likeness (QED) is 0.457. The lowest BCUT2D eigenvalue weighted by Gasteiger charge is -2.34. The average molecular weight is 477 g/mol. The van der Waals surface area contributed by atoms with Gasteiger partial charge in [-0.3, -0.25) is 4.57 Å². The monoisotopic (exact) mass is 476 g/mol. The number of pyridine rings is 1. The fourth-order valence-electron chi connectivity index (χ4n) is 5.84. The van der Waals surface area contributed by atoms with Crippen LogP contribution in [0.2, 0.25) is 0 Å². The zero-order valence-corrected chi connectivity index (χ0v) is 20.3. The maximum Gasteiger partial charge on any atom is 0.326 e. The van der Waals surface area contributed by atoms with E-state index in [0.717, 1.165) is 79.5 Å². The summed E-state index contributed by atoms with van der Waals surface area (Å²) in [5.74, 6) is 0.664. The first-order chi connectivity index (χ1) is 17.1. The van der Waals surface area contributed by atoms with Crippen LogP contribution in [0.5, 0.6) is 5.75 Å². The van der Waals surface area contributed by atoms with E-state index in [0.29, 0.717) is 23.5 Å². The van der Waals surface area contributed by atoms with Crippen molar-refractivity contribution in [2.24, 2.45) is 0 Å². The molecule has 4 aromatic rings. The highest BCUT2D eigenvalue weighted by molar-refractivity contribution is 5.85. The number of H-pyrrole nitrogens is 1. The minimum atomic E-state index is -0.0262. The third-order valence-corrected chi connectivity index (χ3v) is 7.69. The van der Waals surface area contributed by atoms with Gasteiger partial charge in [0.25, 0.3) is 0 Å². The van der Waals surface area contributed by atoms with E-state index < -0.39 is 0 Å². The molecule has 0 spiro atoms. The molecule has 1 saturated heterocycles. The molecular formula is C26H32N6O3. The van der Waals surface area contributed by atoms with Crippen molar-refractivity contribution in [3.63, 3.8) is 0 Å². The van der Waals surface area contributed by atoms with Gasteiger partial charge in [-0.2, -0.15) is 5.10 Å². The minimum Gasteiger partial charge on any atom is -0.493 e. The molecule has 0 bridgehead atoms. The van der Waals surface area contributed by atoms with Crippen LogP contribution in [0.25, 0.3) is 27.8 Å². The van der Waals surface area contributed by atoms with E-state index in [2.05, 4.69) is 39.4 Å². The zero-order chi connectivity index (χ0) is 23.9. The molecule has 9 nitrogen and oxygen atoms in total. The van der Waals surface area contributed by atoms with Crippen molar-refractivity contribution in [1.29, 1.82) is 0 Å². The summed E-state index contributed by atoms with van der Waals surface area (Å²) in [6, 6.07) is 7.49. The van der Waals surface area contributed by atoms with Gasteiger partial charge in [-0.1, -0.05) is 0 Å². The Labute approximate surface area is 203 Å². The number of fused-ring (bicyclic) bond motifs is 2. The van der Waals surface area contributed by atoms with Gasteiger partial charge in [0.05, 0.1) is 18.1 Å². The SMILES string of the molecule is COc1cc(-c2cc3[nH]c(=O)n(C4CCC(NC5CCOCC5)CC4)c3cc2C)cn2ncnc12. The largest absolute Gasteiger partial charge is 0.493 e. The van der Waals surface area contributed by atoms with E-state index in [1.807, 2.05) is 16.8 Å². The van der Waals surface area contributed by atoms with Gasteiger partial charge in [-0.25, -0.2) is 14.3 Å². The van der Waals surface area contributed by atoms with Crippen LogP contribution in [0, 0.1) is 6.92 Å². The second-order valence-corrected chi connectivity index (χ2v) is 9.87. The van der Waals surface area contributed by atoms with Gasteiger partial charge in [0.15, 0.2) is 11.4 Å². The van der Waals surface area contributed by atoms with Gasteiger partial charge in [-0.15, -0.1) is 0 Å². The number of nitrogens with one attached hydrogen (secondary N) is 2. The summed E-state index contributed by atoms with van der Waals surface area (Å²) in [5.41, 5.74) is 5.58. The summed E-state index contributed by atoms with van der Waals surface area (Å²) >= 11 is 0. The summed E-state index contributed by atoms with van der Waals surface area (Å²) in [6.45, 7) is 3.81. The molecule has 4 heterocycles. The molecule has 0 amide bonds. The number of aromatic amines is 1. The average Bonchev–Trinajstić information content (AvgIpc) is 3.47. The molecule has 1 saturated carbocycles. The van der Waals surface area contributed by atoms with Gasteiger partial charge in [-0.05, 0) is 74.8 Å². The van der Waals surface area contributed by atoms with Gasteiger partial charge in [0, 0.05) is 43.1 Å². The maximum absolute atomic E-state index is 13.1. The van der Waals surface area contributed by atoms with Gasteiger partial charge < -0.3 is 19.8 Å². The van der Waals surface area contributed by atoms with E-state index in [4.69, 9.17) is 9.47 Å². The predicted molar refractivity (Wildman–Crippen MR) is 134 cm³/mol. The Balaban J connectivity index is 1.27. The molecule has 2 fully saturated rings. The van der Waals surface area contributed by atoms with Crippen LogP contribution in [-0.4, -0.2) is 56.6 Å². The van der Waals surface area contributed by atoms with Crippen molar-refractivity contribution in [2.75, 3.05) is 20.3 Å². The van der Waals surface area contributed by atoms with Crippen LogP contribution in [0.1, 0.15) is 50.1 Å². The van der Waals surface area contributed by atoms with Crippen molar-refractivity contribution in [2.45, 2.75) is 63.6 Å². The predicted octanol–water partition coefficient (Wildman–Crippen LogP) is 3.61. The second-order valence-electron chi connectivity index (χ2n) is 9.87. The summed E-state index contributed by atoms with van der Waals surface area (Å²) in [4.78, 5) is 20.4. The molecule has 6 rings (SSSR count). The molecule has 2 N–H and O–H groups in total. The Morgan fingerprint density at radius 1 is 1.09 bits per heavy atom. The zero-order valence-electron chi connectivity index (χ0n) is 20.3. The highest BCUT2D eigenvalue weighted by Crippen LogP contribution is 2.34. The van der Waals surface area contributed by atoms with Crippen LogP contribution in [0.4, 0.5) is 0 Å². The molecule has 184 valence electrons. The van der Waals surface area contributed by atoms with Crippen LogP contribution in [0.3, 0.4) is 0 Å². The van der Waals surface area contributed by atoms with Crippen molar-refractivity contribution < 1.29 is 9.47 Å². The molecule has 1 aliphatic carbocycles. The third-order valence-electron chi connectivity index (χ3n) is 7.69. The molecule has 0 unspecified atom stereocenters. The molecule has 9 heteroatoms. The molecule has 35 heavy (non-hydrogen) atoms. The second kappa shape index (κ2) is 9.13. The highest BCUT2D eigenvalue weighted by Gasteiger charge is 2.27. The fourth-order valence-corrected chi connectivity index (χ4v) is 5.84. The number of rotatable bonds is 5. The Morgan fingerprint density at radius 2 is 1.86 bits per heavy atom. The molecule has 1 aromatic carbocycles. The Hall–Kier alpha value is -3.17. The van der Waals surface area contributed by atoms with E-state index in [9.17, 15) is 4.79 Å². The number of hydrogen-bond donors (Lipinski definition) is 2. The molecule has 3 aromatic heterocycles. The molecular weight excluding hydrogens is 444 g/mol. The lowest BCUT2D eigenvalue weighted by atomic mass is 9.89. The van der Waals surface area contributed by atoms with Crippen molar-refractivity contribution in [1.82, 2.24) is 29.5 Å². The van der Waals surface area contributed by atoms with Crippen molar-refractivity contribution in [3.8, 4) is 16.9 Å². The smallest absolute Gasteiger partial charge is 0.326 e. The number of aryl methyl sites for hydroxylation is 1. The lowest BCUT2D eigenvalue weighted by Crippen LogP contribution is -2.43. The summed E-state index contributed by atoms with van der Waals surface area (Å²) in [5, 5.41) is 8.11. The fraction of sp³-hybridized carbons (Fsp3) is 0.500. The highest BCUT2D eigenvalue weighted by atomic mass is 16.5.